The molecule has 118 valence electrons. The van der Waals surface area contributed by atoms with E-state index in [0.717, 1.165) is 5.76 Å². The summed E-state index contributed by atoms with van der Waals surface area (Å²) >= 11 is 5.83. The third-order valence-electron chi connectivity index (χ3n) is 3.61. The van der Waals surface area contributed by atoms with Gasteiger partial charge in [0.15, 0.2) is 0 Å². The summed E-state index contributed by atoms with van der Waals surface area (Å²) in [6.45, 7) is 2.90. The molecule has 0 N–H and O–H groups in total. The number of rotatable bonds is 4. The van der Waals surface area contributed by atoms with Crippen LogP contribution in [0, 0.1) is 0 Å². The van der Waals surface area contributed by atoms with Crippen LogP contribution in [0.15, 0.2) is 46.2 Å². The second-order valence-corrected chi connectivity index (χ2v) is 7.47. The summed E-state index contributed by atoms with van der Waals surface area (Å²) < 4.78 is 31.9. The van der Waals surface area contributed by atoms with Gasteiger partial charge in [-0.2, -0.15) is 4.31 Å². The minimum atomic E-state index is -3.53. The Hall–Kier alpha value is -1.41. The van der Waals surface area contributed by atoms with Crippen LogP contribution < -0.4 is 0 Å². The molecule has 3 rings (SSSR count). The van der Waals surface area contributed by atoms with E-state index in [0.29, 0.717) is 37.7 Å². The number of pyridine rings is 1. The summed E-state index contributed by atoms with van der Waals surface area (Å²) in [6, 6.07) is 5.20. The fourth-order valence-corrected chi connectivity index (χ4v) is 4.08. The maximum Gasteiger partial charge on any atom is 0.244 e. The zero-order chi connectivity index (χ0) is 15.6. The smallest absolute Gasteiger partial charge is 0.244 e. The van der Waals surface area contributed by atoms with Crippen molar-refractivity contribution >= 4 is 21.6 Å². The zero-order valence-electron chi connectivity index (χ0n) is 11.9. The van der Waals surface area contributed by atoms with Crippen molar-refractivity contribution in [1.29, 1.82) is 0 Å². The van der Waals surface area contributed by atoms with Crippen LogP contribution in [-0.4, -0.2) is 48.8 Å². The van der Waals surface area contributed by atoms with Crippen molar-refractivity contribution in [2.24, 2.45) is 0 Å². The third kappa shape index (κ3) is 3.33. The molecule has 1 saturated heterocycles. The van der Waals surface area contributed by atoms with E-state index in [2.05, 4.69) is 9.88 Å². The van der Waals surface area contributed by atoms with E-state index in [4.69, 9.17) is 16.0 Å². The minimum absolute atomic E-state index is 0.138. The molecule has 0 unspecified atom stereocenters. The van der Waals surface area contributed by atoms with Crippen LogP contribution in [0.1, 0.15) is 5.76 Å². The first-order chi connectivity index (χ1) is 10.6. The van der Waals surface area contributed by atoms with Gasteiger partial charge in [0.1, 0.15) is 10.7 Å². The Morgan fingerprint density at radius 2 is 2.00 bits per heavy atom. The van der Waals surface area contributed by atoms with Gasteiger partial charge in [-0.1, -0.05) is 11.6 Å². The summed E-state index contributed by atoms with van der Waals surface area (Å²) in [5.41, 5.74) is 0. The molecule has 1 fully saturated rings. The van der Waals surface area contributed by atoms with Crippen LogP contribution in [0.25, 0.3) is 0 Å². The summed E-state index contributed by atoms with van der Waals surface area (Å²) in [5, 5.41) is 0.317. The van der Waals surface area contributed by atoms with E-state index >= 15 is 0 Å². The zero-order valence-corrected chi connectivity index (χ0v) is 13.4. The van der Waals surface area contributed by atoms with Crippen molar-refractivity contribution in [2.45, 2.75) is 11.4 Å². The quantitative estimate of drug-likeness (QED) is 0.848. The van der Waals surface area contributed by atoms with Crippen LogP contribution in [-0.2, 0) is 16.6 Å². The summed E-state index contributed by atoms with van der Waals surface area (Å²) in [5.74, 6) is 0.885. The highest BCUT2D eigenvalue weighted by Gasteiger charge is 2.29. The van der Waals surface area contributed by atoms with Crippen molar-refractivity contribution < 1.29 is 12.8 Å². The van der Waals surface area contributed by atoms with Crippen molar-refractivity contribution in [2.75, 3.05) is 26.2 Å². The number of furan rings is 1. The molecule has 0 saturated carbocycles. The number of sulfonamides is 1. The Morgan fingerprint density at radius 1 is 1.23 bits per heavy atom. The van der Waals surface area contributed by atoms with E-state index in [-0.39, 0.29) is 4.90 Å². The van der Waals surface area contributed by atoms with Gasteiger partial charge in [0, 0.05) is 38.6 Å². The molecule has 0 aliphatic carbocycles. The lowest BCUT2D eigenvalue weighted by Gasteiger charge is -2.33. The fourth-order valence-electron chi connectivity index (χ4n) is 2.43. The van der Waals surface area contributed by atoms with Crippen molar-refractivity contribution in [1.82, 2.24) is 14.2 Å². The Balaban J connectivity index is 1.65. The first-order valence-electron chi connectivity index (χ1n) is 6.91. The molecule has 6 nitrogen and oxygen atoms in total. The molecule has 2 aromatic rings. The van der Waals surface area contributed by atoms with Gasteiger partial charge in [-0.15, -0.1) is 0 Å². The highest BCUT2D eigenvalue weighted by atomic mass is 35.5. The summed E-state index contributed by atoms with van der Waals surface area (Å²) in [4.78, 5) is 6.16. The lowest BCUT2D eigenvalue weighted by atomic mass is 10.3. The van der Waals surface area contributed by atoms with E-state index in [1.54, 1.807) is 6.26 Å². The average molecular weight is 342 g/mol. The normalized spacial score (nSPS) is 17.7. The van der Waals surface area contributed by atoms with Gasteiger partial charge in [0.2, 0.25) is 10.0 Å². The predicted molar refractivity (Wildman–Crippen MR) is 82.0 cm³/mol. The second kappa shape index (κ2) is 6.37. The van der Waals surface area contributed by atoms with Gasteiger partial charge in [0.25, 0.3) is 0 Å². The van der Waals surface area contributed by atoms with Gasteiger partial charge in [-0.25, -0.2) is 8.42 Å². The molecule has 2 aromatic heterocycles. The van der Waals surface area contributed by atoms with Gasteiger partial charge in [0.05, 0.1) is 17.8 Å². The molecule has 1 aliphatic rings. The molecule has 22 heavy (non-hydrogen) atoms. The van der Waals surface area contributed by atoms with Gasteiger partial charge < -0.3 is 4.42 Å². The number of hydrogen-bond acceptors (Lipinski definition) is 5. The third-order valence-corrected chi connectivity index (χ3v) is 5.68. The molecule has 0 spiro atoms. The Labute approximate surface area is 134 Å². The molecule has 8 heteroatoms. The highest BCUT2D eigenvalue weighted by molar-refractivity contribution is 7.89. The Kier molecular flexibility index (Phi) is 4.49. The van der Waals surface area contributed by atoms with Crippen molar-refractivity contribution in [3.05, 3.63) is 47.6 Å². The average Bonchev–Trinajstić information content (AvgIpc) is 3.01. The molecule has 0 aromatic carbocycles. The van der Waals surface area contributed by atoms with Gasteiger partial charge in [-0.3, -0.25) is 9.88 Å². The van der Waals surface area contributed by atoms with E-state index in [9.17, 15) is 8.42 Å². The standard InChI is InChI=1S/C14H16ClN3O3S/c15-12-8-14(10-16-9-12)22(19,20)18-5-3-17(4-6-18)11-13-2-1-7-21-13/h1-2,7-10H,3-6,11H2. The van der Waals surface area contributed by atoms with Crippen molar-refractivity contribution in [3.8, 4) is 0 Å². The number of nitrogens with zero attached hydrogens (tertiary/aromatic N) is 3. The van der Waals surface area contributed by atoms with Gasteiger partial charge in [-0.05, 0) is 18.2 Å². The Bertz CT molecular complexity index is 726. The second-order valence-electron chi connectivity index (χ2n) is 5.10. The molecular formula is C14H16ClN3O3S. The van der Waals surface area contributed by atoms with Gasteiger partial charge >= 0.3 is 0 Å². The largest absolute Gasteiger partial charge is 0.468 e. The predicted octanol–water partition coefficient (Wildman–Crippen LogP) is 1.83. The molecule has 0 amide bonds. The molecule has 0 radical (unpaired) electrons. The van der Waals surface area contributed by atoms with Crippen LogP contribution in [0.5, 0.6) is 0 Å². The Morgan fingerprint density at radius 3 is 2.64 bits per heavy atom. The van der Waals surface area contributed by atoms with E-state index in [1.807, 2.05) is 12.1 Å². The number of halogens is 1. The lowest BCUT2D eigenvalue weighted by molar-refractivity contribution is 0.171. The lowest BCUT2D eigenvalue weighted by Crippen LogP contribution is -2.48. The monoisotopic (exact) mass is 341 g/mol. The maximum absolute atomic E-state index is 12.6. The maximum atomic E-state index is 12.6. The molecular weight excluding hydrogens is 326 g/mol. The van der Waals surface area contributed by atoms with Crippen LogP contribution >= 0.6 is 11.6 Å². The fraction of sp³-hybridized carbons (Fsp3) is 0.357. The number of piperazine rings is 1. The molecule has 0 atom stereocenters. The van der Waals surface area contributed by atoms with Crippen LogP contribution in [0.2, 0.25) is 5.02 Å². The summed E-state index contributed by atoms with van der Waals surface area (Å²) in [6.07, 6.45) is 4.39. The molecule has 3 heterocycles. The first-order valence-corrected chi connectivity index (χ1v) is 8.73. The highest BCUT2D eigenvalue weighted by Crippen LogP contribution is 2.20. The van der Waals surface area contributed by atoms with E-state index < -0.39 is 10.0 Å². The van der Waals surface area contributed by atoms with E-state index in [1.165, 1.54) is 22.8 Å². The topological polar surface area (TPSA) is 66.7 Å². The minimum Gasteiger partial charge on any atom is -0.468 e. The van der Waals surface area contributed by atoms with Crippen LogP contribution in [0.4, 0.5) is 0 Å². The number of hydrogen-bond donors (Lipinski definition) is 0. The molecule has 1 aliphatic heterocycles. The number of aromatic nitrogens is 1. The summed E-state index contributed by atoms with van der Waals surface area (Å²) in [7, 11) is -3.53. The molecule has 0 bridgehead atoms. The van der Waals surface area contributed by atoms with Crippen LogP contribution in [0.3, 0.4) is 0 Å². The SMILES string of the molecule is O=S(=O)(c1cncc(Cl)c1)N1CCN(Cc2ccco2)CC1. The first kappa shape index (κ1) is 15.5. The van der Waals surface area contributed by atoms with Crippen molar-refractivity contribution in [3.63, 3.8) is 0 Å².